The molecule has 1 aliphatic heterocycles. The number of hydrogen-bond donors (Lipinski definition) is 2. The molecule has 126 valence electrons. The second-order valence-corrected chi connectivity index (χ2v) is 6.01. The van der Waals surface area contributed by atoms with E-state index in [1.807, 2.05) is 25.1 Å². The van der Waals surface area contributed by atoms with Crippen LogP contribution in [0.5, 0.6) is 0 Å². The SMILES string of the molecule is Cc1ccc2nc(NC(=O)OCCN3CCN(C)CC3)[nH]c2c1.[HH]. The van der Waals surface area contributed by atoms with Crippen LogP contribution in [0.25, 0.3) is 11.0 Å². The van der Waals surface area contributed by atoms with Gasteiger partial charge in [0, 0.05) is 34.2 Å². The fraction of sp³-hybridized carbons (Fsp3) is 0.500. The van der Waals surface area contributed by atoms with Gasteiger partial charge >= 0.3 is 6.09 Å². The molecular weight excluding hydrogens is 294 g/mol. The Morgan fingerprint density at radius 2 is 2.17 bits per heavy atom. The Morgan fingerprint density at radius 1 is 1.39 bits per heavy atom. The third kappa shape index (κ3) is 4.20. The van der Waals surface area contributed by atoms with Crippen molar-refractivity contribution in [3.05, 3.63) is 23.8 Å². The summed E-state index contributed by atoms with van der Waals surface area (Å²) in [6, 6.07) is 5.90. The van der Waals surface area contributed by atoms with Crippen molar-refractivity contribution in [2.45, 2.75) is 6.92 Å². The highest BCUT2D eigenvalue weighted by Crippen LogP contribution is 2.15. The number of aryl methyl sites for hydroxylation is 1. The first-order chi connectivity index (χ1) is 11.1. The van der Waals surface area contributed by atoms with Crippen LogP contribution in [0.1, 0.15) is 6.99 Å². The van der Waals surface area contributed by atoms with Gasteiger partial charge in [-0.3, -0.25) is 10.2 Å². The number of benzene rings is 1. The van der Waals surface area contributed by atoms with Gasteiger partial charge in [0.15, 0.2) is 0 Å². The molecule has 0 radical (unpaired) electrons. The summed E-state index contributed by atoms with van der Waals surface area (Å²) >= 11 is 0. The Bertz CT molecular complexity index is 682. The number of likely N-dealkylation sites (N-methyl/N-ethyl adjacent to an activating group) is 1. The lowest BCUT2D eigenvalue weighted by molar-refractivity contribution is 0.111. The highest BCUT2D eigenvalue weighted by Gasteiger charge is 2.14. The number of nitrogens with zero attached hydrogens (tertiary/aromatic N) is 3. The lowest BCUT2D eigenvalue weighted by atomic mass is 10.2. The maximum atomic E-state index is 11.8. The van der Waals surface area contributed by atoms with Crippen LogP contribution >= 0.6 is 0 Å². The number of nitrogens with one attached hydrogen (secondary N) is 2. The van der Waals surface area contributed by atoms with E-state index in [9.17, 15) is 4.79 Å². The minimum atomic E-state index is -0.477. The average Bonchev–Trinajstić information content (AvgIpc) is 2.90. The van der Waals surface area contributed by atoms with Crippen molar-refractivity contribution in [2.75, 3.05) is 51.7 Å². The number of H-pyrrole nitrogens is 1. The van der Waals surface area contributed by atoms with E-state index in [4.69, 9.17) is 4.74 Å². The van der Waals surface area contributed by atoms with Crippen molar-refractivity contribution in [3.8, 4) is 0 Å². The van der Waals surface area contributed by atoms with Crippen LogP contribution in [0.15, 0.2) is 18.2 Å². The molecule has 1 amide bonds. The number of piperazine rings is 1. The third-order valence-electron chi connectivity index (χ3n) is 4.09. The molecule has 1 aromatic heterocycles. The van der Waals surface area contributed by atoms with Gasteiger partial charge in [0.2, 0.25) is 5.95 Å². The molecule has 1 aromatic carbocycles. The highest BCUT2D eigenvalue weighted by molar-refractivity contribution is 5.86. The Hall–Kier alpha value is -2.12. The molecular formula is C16H25N5O2. The smallest absolute Gasteiger partial charge is 0.414 e. The average molecular weight is 319 g/mol. The largest absolute Gasteiger partial charge is 0.448 e. The van der Waals surface area contributed by atoms with Gasteiger partial charge in [0.25, 0.3) is 0 Å². The molecule has 7 nitrogen and oxygen atoms in total. The van der Waals surface area contributed by atoms with E-state index >= 15 is 0 Å². The van der Waals surface area contributed by atoms with E-state index < -0.39 is 6.09 Å². The van der Waals surface area contributed by atoms with Crippen molar-refractivity contribution >= 4 is 23.1 Å². The molecule has 0 saturated carbocycles. The number of rotatable bonds is 4. The lowest BCUT2D eigenvalue weighted by Gasteiger charge is -2.31. The first kappa shape index (κ1) is 15.8. The van der Waals surface area contributed by atoms with Crippen LogP contribution in [-0.2, 0) is 4.74 Å². The summed E-state index contributed by atoms with van der Waals surface area (Å²) in [5.74, 6) is 0.412. The van der Waals surface area contributed by atoms with Crippen molar-refractivity contribution in [2.24, 2.45) is 0 Å². The fourth-order valence-corrected chi connectivity index (χ4v) is 2.65. The van der Waals surface area contributed by atoms with Crippen LogP contribution in [0, 0.1) is 6.92 Å². The highest BCUT2D eigenvalue weighted by atomic mass is 16.5. The normalized spacial score (nSPS) is 16.6. The number of anilines is 1. The summed E-state index contributed by atoms with van der Waals surface area (Å²) in [5.41, 5.74) is 2.86. The summed E-state index contributed by atoms with van der Waals surface area (Å²) < 4.78 is 5.23. The molecule has 1 fully saturated rings. The predicted molar refractivity (Wildman–Crippen MR) is 91.9 cm³/mol. The van der Waals surface area contributed by atoms with E-state index in [2.05, 4.69) is 32.1 Å². The lowest BCUT2D eigenvalue weighted by Crippen LogP contribution is -2.45. The van der Waals surface area contributed by atoms with Gasteiger partial charge in [0.1, 0.15) is 6.61 Å². The van der Waals surface area contributed by atoms with Crippen LogP contribution in [0.2, 0.25) is 0 Å². The summed E-state index contributed by atoms with van der Waals surface area (Å²) in [6.07, 6.45) is -0.477. The molecule has 1 aliphatic rings. The van der Waals surface area contributed by atoms with Crippen LogP contribution < -0.4 is 5.32 Å². The number of carbonyl (C=O) groups is 1. The van der Waals surface area contributed by atoms with Gasteiger partial charge in [-0.05, 0) is 31.7 Å². The van der Waals surface area contributed by atoms with Gasteiger partial charge in [-0.1, -0.05) is 6.07 Å². The minimum absolute atomic E-state index is 0. The quantitative estimate of drug-likeness (QED) is 0.900. The topological polar surface area (TPSA) is 73.5 Å². The zero-order valence-corrected chi connectivity index (χ0v) is 13.6. The molecule has 0 atom stereocenters. The number of ether oxygens (including phenoxy) is 1. The van der Waals surface area contributed by atoms with Crippen molar-refractivity contribution in [1.82, 2.24) is 19.8 Å². The van der Waals surface area contributed by atoms with Crippen LogP contribution in [-0.4, -0.2) is 72.2 Å². The number of aromatic amines is 1. The molecule has 0 spiro atoms. The van der Waals surface area contributed by atoms with Gasteiger partial charge in [-0.25, -0.2) is 9.78 Å². The summed E-state index contributed by atoms with van der Waals surface area (Å²) in [7, 11) is 2.12. The fourth-order valence-electron chi connectivity index (χ4n) is 2.65. The zero-order chi connectivity index (χ0) is 16.2. The summed E-state index contributed by atoms with van der Waals surface area (Å²) in [6.45, 7) is 7.32. The number of fused-ring (bicyclic) bond motifs is 1. The van der Waals surface area contributed by atoms with E-state index in [0.29, 0.717) is 12.6 Å². The molecule has 0 unspecified atom stereocenters. The minimum Gasteiger partial charge on any atom is -0.448 e. The molecule has 3 rings (SSSR count). The van der Waals surface area contributed by atoms with Gasteiger partial charge in [-0.2, -0.15) is 0 Å². The number of carbonyl (C=O) groups excluding carboxylic acids is 1. The molecule has 2 N–H and O–H groups in total. The molecule has 1 saturated heterocycles. The van der Waals surface area contributed by atoms with Gasteiger partial charge in [-0.15, -0.1) is 0 Å². The summed E-state index contributed by atoms with van der Waals surface area (Å²) in [5, 5.41) is 2.64. The van der Waals surface area contributed by atoms with Gasteiger partial charge < -0.3 is 14.6 Å². The zero-order valence-electron chi connectivity index (χ0n) is 13.6. The van der Waals surface area contributed by atoms with Crippen LogP contribution in [0.3, 0.4) is 0 Å². The summed E-state index contributed by atoms with van der Waals surface area (Å²) in [4.78, 5) is 23.8. The Kier molecular flexibility index (Phi) is 4.78. The number of hydrogen-bond acceptors (Lipinski definition) is 5. The molecule has 2 heterocycles. The van der Waals surface area contributed by atoms with Crippen molar-refractivity contribution in [3.63, 3.8) is 0 Å². The number of aromatic nitrogens is 2. The standard InChI is InChI=1S/C16H23N5O2.H2/c1-12-3-4-13-14(11-12)18-15(17-13)19-16(22)23-10-9-21-7-5-20(2)6-8-21;/h3-4,11H,5-10H2,1-2H3,(H2,17,18,19,22);1H. The van der Waals surface area contributed by atoms with E-state index in [1.54, 1.807) is 0 Å². The second-order valence-electron chi connectivity index (χ2n) is 6.01. The number of amides is 1. The maximum absolute atomic E-state index is 11.8. The van der Waals surface area contributed by atoms with Crippen LogP contribution in [0.4, 0.5) is 10.7 Å². The second kappa shape index (κ2) is 6.97. The van der Waals surface area contributed by atoms with Crippen molar-refractivity contribution in [1.29, 1.82) is 0 Å². The molecule has 2 aromatic rings. The van der Waals surface area contributed by atoms with Gasteiger partial charge in [0.05, 0.1) is 11.0 Å². The predicted octanol–water partition coefficient (Wildman–Crippen LogP) is 1.91. The van der Waals surface area contributed by atoms with E-state index in [0.717, 1.165) is 49.3 Å². The van der Waals surface area contributed by atoms with E-state index in [1.165, 1.54) is 0 Å². The Morgan fingerprint density at radius 3 is 2.96 bits per heavy atom. The first-order valence-corrected chi connectivity index (χ1v) is 7.91. The number of imidazole rings is 1. The molecule has 0 bridgehead atoms. The molecule has 0 aliphatic carbocycles. The third-order valence-corrected chi connectivity index (χ3v) is 4.09. The maximum Gasteiger partial charge on any atom is 0.414 e. The molecule has 23 heavy (non-hydrogen) atoms. The van der Waals surface area contributed by atoms with Crippen molar-refractivity contribution < 1.29 is 11.0 Å². The monoisotopic (exact) mass is 319 g/mol. The molecule has 7 heteroatoms. The Balaban J connectivity index is 0.00000208. The Labute approximate surface area is 137 Å². The van der Waals surface area contributed by atoms with E-state index in [-0.39, 0.29) is 1.43 Å². The first-order valence-electron chi connectivity index (χ1n) is 7.91.